The average molecular weight is 266 g/mol. The summed E-state index contributed by atoms with van der Waals surface area (Å²) >= 11 is 1.57. The van der Waals surface area contributed by atoms with Crippen LogP contribution >= 0.6 is 11.3 Å². The zero-order chi connectivity index (χ0) is 13.5. The van der Waals surface area contributed by atoms with Crippen LogP contribution in [0.2, 0.25) is 0 Å². The van der Waals surface area contributed by atoms with Gasteiger partial charge in [-0.2, -0.15) is 0 Å². The van der Waals surface area contributed by atoms with E-state index >= 15 is 0 Å². The fourth-order valence-electron chi connectivity index (χ4n) is 1.48. The van der Waals surface area contributed by atoms with E-state index in [9.17, 15) is 4.79 Å². The van der Waals surface area contributed by atoms with E-state index in [-0.39, 0.29) is 25.1 Å². The number of aliphatic hydroxyl groups is 1. The first-order valence-corrected chi connectivity index (χ1v) is 6.55. The molecule has 0 aliphatic heterocycles. The van der Waals surface area contributed by atoms with Gasteiger partial charge in [0, 0.05) is 17.5 Å². The molecule has 0 spiro atoms. The zero-order valence-electron chi connectivity index (χ0n) is 10.6. The van der Waals surface area contributed by atoms with Crippen LogP contribution in [0.3, 0.4) is 0 Å². The summed E-state index contributed by atoms with van der Waals surface area (Å²) in [7, 11) is 0. The number of carbonyl (C=O) groups excluding carboxylic acids is 1. The van der Waals surface area contributed by atoms with Crippen LogP contribution in [0.15, 0.2) is 12.1 Å². The maximum atomic E-state index is 11.0. The standard InChI is InChI=1S/C13H18N2O2S/c1-10(2)15(9-13(14)17)8-12-6-5-11(18-12)4-3-7-16/h5-6,10,16H,7-9H2,1-2H3,(H2,14,17). The van der Waals surface area contributed by atoms with Crippen molar-refractivity contribution >= 4 is 17.2 Å². The van der Waals surface area contributed by atoms with Crippen molar-refractivity contribution in [2.75, 3.05) is 13.2 Å². The summed E-state index contributed by atoms with van der Waals surface area (Å²) in [4.78, 5) is 15.0. The number of primary amides is 1. The van der Waals surface area contributed by atoms with E-state index in [1.54, 1.807) is 11.3 Å². The first kappa shape index (κ1) is 14.7. The van der Waals surface area contributed by atoms with Gasteiger partial charge < -0.3 is 10.8 Å². The SMILES string of the molecule is CC(C)N(CC(N)=O)Cc1ccc(C#CCO)s1. The molecule has 1 heterocycles. The molecule has 1 rings (SSSR count). The first-order chi connectivity index (χ1) is 8.52. The zero-order valence-corrected chi connectivity index (χ0v) is 11.5. The Hall–Kier alpha value is -1.35. The summed E-state index contributed by atoms with van der Waals surface area (Å²) in [6.07, 6.45) is 0. The third-order valence-corrected chi connectivity index (χ3v) is 3.39. The molecule has 0 aliphatic carbocycles. The number of amides is 1. The fraction of sp³-hybridized carbons (Fsp3) is 0.462. The van der Waals surface area contributed by atoms with E-state index in [2.05, 4.69) is 11.8 Å². The molecular formula is C13H18N2O2S. The smallest absolute Gasteiger partial charge is 0.231 e. The molecule has 98 valence electrons. The summed E-state index contributed by atoms with van der Waals surface area (Å²) in [6, 6.07) is 4.17. The molecule has 5 heteroatoms. The maximum Gasteiger partial charge on any atom is 0.231 e. The Kier molecular flexibility index (Phi) is 5.86. The minimum absolute atomic E-state index is 0.132. The molecule has 0 saturated heterocycles. The van der Waals surface area contributed by atoms with Crippen molar-refractivity contribution in [3.8, 4) is 11.8 Å². The molecule has 0 bridgehead atoms. The Balaban J connectivity index is 2.69. The van der Waals surface area contributed by atoms with Crippen LogP contribution in [0.5, 0.6) is 0 Å². The van der Waals surface area contributed by atoms with Crippen LogP contribution in [-0.2, 0) is 11.3 Å². The van der Waals surface area contributed by atoms with Crippen molar-refractivity contribution in [2.24, 2.45) is 5.73 Å². The Labute approximate surface area is 111 Å². The summed E-state index contributed by atoms with van der Waals surface area (Å²) in [5.74, 6) is 5.16. The topological polar surface area (TPSA) is 66.6 Å². The van der Waals surface area contributed by atoms with Gasteiger partial charge in [0.05, 0.1) is 11.4 Å². The van der Waals surface area contributed by atoms with E-state index in [4.69, 9.17) is 10.8 Å². The van der Waals surface area contributed by atoms with Gasteiger partial charge in [0.25, 0.3) is 0 Å². The van der Waals surface area contributed by atoms with Gasteiger partial charge >= 0.3 is 0 Å². The highest BCUT2D eigenvalue weighted by molar-refractivity contribution is 7.12. The van der Waals surface area contributed by atoms with Crippen LogP contribution < -0.4 is 5.73 Å². The van der Waals surface area contributed by atoms with E-state index in [0.717, 1.165) is 9.75 Å². The van der Waals surface area contributed by atoms with Gasteiger partial charge in [0.1, 0.15) is 6.61 Å². The van der Waals surface area contributed by atoms with Gasteiger partial charge in [-0.1, -0.05) is 11.8 Å². The molecule has 0 radical (unpaired) electrons. The molecule has 0 unspecified atom stereocenters. The number of thiophene rings is 1. The van der Waals surface area contributed by atoms with Crippen LogP contribution in [0.1, 0.15) is 23.6 Å². The molecule has 0 aromatic carbocycles. The molecule has 4 nitrogen and oxygen atoms in total. The normalized spacial score (nSPS) is 10.5. The maximum absolute atomic E-state index is 11.0. The van der Waals surface area contributed by atoms with Gasteiger partial charge in [-0.05, 0) is 26.0 Å². The number of nitrogens with two attached hydrogens (primary N) is 1. The van der Waals surface area contributed by atoms with Crippen LogP contribution in [0, 0.1) is 11.8 Å². The van der Waals surface area contributed by atoms with Gasteiger partial charge in [-0.25, -0.2) is 0 Å². The molecule has 1 aromatic rings. The van der Waals surface area contributed by atoms with Gasteiger partial charge in [0.2, 0.25) is 5.91 Å². The summed E-state index contributed by atoms with van der Waals surface area (Å²) < 4.78 is 0. The van der Waals surface area contributed by atoms with Crippen LogP contribution in [0.4, 0.5) is 0 Å². The average Bonchev–Trinajstić information content (AvgIpc) is 2.72. The van der Waals surface area contributed by atoms with E-state index in [1.165, 1.54) is 0 Å². The Bertz CT molecular complexity index is 457. The van der Waals surface area contributed by atoms with Gasteiger partial charge in [-0.3, -0.25) is 9.69 Å². The number of aliphatic hydroxyl groups excluding tert-OH is 1. The van der Waals surface area contributed by atoms with E-state index in [1.807, 2.05) is 30.9 Å². The molecule has 18 heavy (non-hydrogen) atoms. The second-order valence-corrected chi connectivity index (χ2v) is 5.36. The minimum atomic E-state index is -0.319. The molecule has 1 aromatic heterocycles. The number of hydrogen-bond donors (Lipinski definition) is 2. The molecule has 0 atom stereocenters. The highest BCUT2D eigenvalue weighted by Crippen LogP contribution is 2.18. The molecule has 1 amide bonds. The quantitative estimate of drug-likeness (QED) is 0.774. The van der Waals surface area contributed by atoms with Crippen molar-refractivity contribution < 1.29 is 9.90 Å². The lowest BCUT2D eigenvalue weighted by Gasteiger charge is -2.24. The van der Waals surface area contributed by atoms with Crippen molar-refractivity contribution in [1.82, 2.24) is 4.90 Å². The van der Waals surface area contributed by atoms with Crippen molar-refractivity contribution in [1.29, 1.82) is 0 Å². The van der Waals surface area contributed by atoms with Gasteiger partial charge in [-0.15, -0.1) is 11.3 Å². The number of hydrogen-bond acceptors (Lipinski definition) is 4. The Morgan fingerprint density at radius 2 is 2.28 bits per heavy atom. The molecule has 0 fully saturated rings. The number of rotatable bonds is 5. The van der Waals surface area contributed by atoms with Crippen LogP contribution in [-0.4, -0.2) is 35.1 Å². The number of nitrogens with zero attached hydrogens (tertiary/aromatic N) is 1. The summed E-state index contributed by atoms with van der Waals surface area (Å²) in [6.45, 7) is 4.87. The summed E-state index contributed by atoms with van der Waals surface area (Å²) in [5, 5.41) is 8.62. The minimum Gasteiger partial charge on any atom is -0.384 e. The lowest BCUT2D eigenvalue weighted by atomic mass is 10.3. The lowest BCUT2D eigenvalue weighted by molar-refractivity contribution is -0.119. The lowest BCUT2D eigenvalue weighted by Crippen LogP contribution is -2.37. The van der Waals surface area contributed by atoms with E-state index in [0.29, 0.717) is 6.54 Å². The highest BCUT2D eigenvalue weighted by atomic mass is 32.1. The van der Waals surface area contributed by atoms with E-state index < -0.39 is 0 Å². The molecular weight excluding hydrogens is 248 g/mol. The molecule has 0 aliphatic rings. The van der Waals surface area contributed by atoms with Gasteiger partial charge in [0.15, 0.2) is 0 Å². The number of carbonyl (C=O) groups is 1. The Morgan fingerprint density at radius 3 is 2.83 bits per heavy atom. The van der Waals surface area contributed by atoms with Crippen molar-refractivity contribution in [3.63, 3.8) is 0 Å². The Morgan fingerprint density at radius 1 is 1.56 bits per heavy atom. The molecule has 0 saturated carbocycles. The van der Waals surface area contributed by atoms with Crippen molar-refractivity contribution in [2.45, 2.75) is 26.4 Å². The largest absolute Gasteiger partial charge is 0.384 e. The first-order valence-electron chi connectivity index (χ1n) is 5.73. The van der Waals surface area contributed by atoms with Crippen LogP contribution in [0.25, 0.3) is 0 Å². The predicted molar refractivity (Wildman–Crippen MR) is 73.0 cm³/mol. The third kappa shape index (κ3) is 4.88. The highest BCUT2D eigenvalue weighted by Gasteiger charge is 2.13. The second kappa shape index (κ2) is 7.17. The monoisotopic (exact) mass is 266 g/mol. The third-order valence-electron chi connectivity index (χ3n) is 2.40. The molecule has 3 N–H and O–H groups in total. The fourth-order valence-corrected chi connectivity index (χ4v) is 2.39. The predicted octanol–water partition coefficient (Wildman–Crippen LogP) is 0.788. The summed E-state index contributed by atoms with van der Waals surface area (Å²) in [5.41, 5.74) is 5.23. The second-order valence-electron chi connectivity index (χ2n) is 4.19. The van der Waals surface area contributed by atoms with Crippen molar-refractivity contribution in [3.05, 3.63) is 21.9 Å².